The molecular weight excluding hydrogens is 326 g/mol. The zero-order chi connectivity index (χ0) is 17.9. The van der Waals surface area contributed by atoms with Crippen LogP contribution in [0.25, 0.3) is 11.4 Å². The van der Waals surface area contributed by atoms with Crippen molar-refractivity contribution in [3.8, 4) is 17.1 Å². The number of phenols is 1. The fourth-order valence-electron chi connectivity index (χ4n) is 3.26. The number of hydrogen-bond donors (Lipinski definition) is 2. The molecule has 5 heteroatoms. The molecule has 1 aromatic heterocycles. The highest BCUT2D eigenvalue weighted by molar-refractivity contribution is 6.04. The van der Waals surface area contributed by atoms with Crippen LogP contribution in [0.3, 0.4) is 0 Å². The molecule has 0 saturated carbocycles. The van der Waals surface area contributed by atoms with Crippen molar-refractivity contribution in [1.29, 1.82) is 0 Å². The van der Waals surface area contributed by atoms with Gasteiger partial charge in [0.1, 0.15) is 5.75 Å². The lowest BCUT2D eigenvalue weighted by Gasteiger charge is -2.16. The van der Waals surface area contributed by atoms with Crippen LogP contribution in [0.1, 0.15) is 34.3 Å². The Hall–Kier alpha value is -3.21. The van der Waals surface area contributed by atoms with Crippen LogP contribution in [-0.2, 0) is 12.8 Å². The molecule has 0 atom stereocenters. The number of carbonyl (C=O) groups excluding carboxylic acids is 1. The number of rotatable bonds is 3. The number of aromatic nitrogens is 2. The van der Waals surface area contributed by atoms with Gasteiger partial charge >= 0.3 is 0 Å². The largest absolute Gasteiger partial charge is 0.508 e. The van der Waals surface area contributed by atoms with Gasteiger partial charge in [0.05, 0.1) is 18.1 Å². The summed E-state index contributed by atoms with van der Waals surface area (Å²) in [6.45, 7) is 0. The lowest BCUT2D eigenvalue weighted by Crippen LogP contribution is -2.14. The van der Waals surface area contributed by atoms with Crippen LogP contribution in [0.5, 0.6) is 5.75 Å². The van der Waals surface area contributed by atoms with Crippen molar-refractivity contribution < 1.29 is 9.90 Å². The molecule has 0 aliphatic heterocycles. The molecule has 0 spiro atoms. The van der Waals surface area contributed by atoms with E-state index in [0.717, 1.165) is 18.4 Å². The number of phenolic OH excluding ortho intramolecular Hbond substituents is 1. The Morgan fingerprint density at radius 2 is 1.73 bits per heavy atom. The number of nitrogens with one attached hydrogen (secondary N) is 1. The first-order chi connectivity index (χ1) is 12.7. The summed E-state index contributed by atoms with van der Waals surface area (Å²) in [5.41, 5.74) is 4.54. The Morgan fingerprint density at radius 1 is 0.962 bits per heavy atom. The average molecular weight is 345 g/mol. The van der Waals surface area contributed by atoms with E-state index in [-0.39, 0.29) is 11.7 Å². The summed E-state index contributed by atoms with van der Waals surface area (Å²) in [6, 6.07) is 12.7. The third-order valence-electron chi connectivity index (χ3n) is 4.62. The summed E-state index contributed by atoms with van der Waals surface area (Å²) in [6.07, 6.45) is 7.69. The van der Waals surface area contributed by atoms with Crippen molar-refractivity contribution in [1.82, 2.24) is 9.97 Å². The summed E-state index contributed by atoms with van der Waals surface area (Å²) in [7, 11) is 0. The molecule has 1 amide bonds. The van der Waals surface area contributed by atoms with Crippen LogP contribution in [0.15, 0.2) is 54.9 Å². The van der Waals surface area contributed by atoms with Crippen LogP contribution in [0.2, 0.25) is 0 Å². The van der Waals surface area contributed by atoms with Gasteiger partial charge in [-0.2, -0.15) is 0 Å². The number of carbonyl (C=O) groups is 1. The topological polar surface area (TPSA) is 75.1 Å². The number of benzene rings is 2. The van der Waals surface area contributed by atoms with Gasteiger partial charge in [0.2, 0.25) is 0 Å². The number of nitrogens with zero attached hydrogens (tertiary/aromatic N) is 2. The maximum atomic E-state index is 12.5. The van der Waals surface area contributed by atoms with E-state index in [1.165, 1.54) is 24.0 Å². The van der Waals surface area contributed by atoms with E-state index in [1.54, 1.807) is 30.6 Å². The molecule has 130 valence electrons. The van der Waals surface area contributed by atoms with E-state index in [4.69, 9.17) is 0 Å². The minimum Gasteiger partial charge on any atom is -0.508 e. The number of anilines is 1. The Labute approximate surface area is 151 Å². The first kappa shape index (κ1) is 16.3. The smallest absolute Gasteiger partial charge is 0.255 e. The van der Waals surface area contributed by atoms with Gasteiger partial charge < -0.3 is 10.4 Å². The number of fused-ring (bicyclic) bond motifs is 1. The lowest BCUT2D eigenvalue weighted by atomic mass is 9.90. The summed E-state index contributed by atoms with van der Waals surface area (Å²) in [5, 5.41) is 12.4. The standard InChI is InChI=1S/C21H19N3O2/c25-19-7-3-6-16(11-19)20-22-12-18(13-23-20)24-21(26)17-9-8-14-4-1-2-5-15(14)10-17/h3,6-13,25H,1-2,4-5H2,(H,24,26). The molecule has 1 aliphatic carbocycles. The van der Waals surface area contributed by atoms with Gasteiger partial charge in [-0.1, -0.05) is 18.2 Å². The molecule has 3 aromatic rings. The van der Waals surface area contributed by atoms with E-state index in [0.29, 0.717) is 17.1 Å². The lowest BCUT2D eigenvalue weighted by molar-refractivity contribution is 0.102. The second-order valence-electron chi connectivity index (χ2n) is 6.49. The first-order valence-corrected chi connectivity index (χ1v) is 8.74. The second-order valence-corrected chi connectivity index (χ2v) is 6.49. The SMILES string of the molecule is O=C(Nc1cnc(-c2cccc(O)c2)nc1)c1ccc2c(c1)CCCC2. The molecule has 1 aliphatic rings. The predicted octanol–water partition coefficient (Wildman–Crippen LogP) is 3.98. The van der Waals surface area contributed by atoms with Crippen LogP contribution in [0.4, 0.5) is 5.69 Å². The normalized spacial score (nSPS) is 13.1. The molecular formula is C21H19N3O2. The van der Waals surface area contributed by atoms with Gasteiger partial charge in [-0.25, -0.2) is 9.97 Å². The maximum Gasteiger partial charge on any atom is 0.255 e. The van der Waals surface area contributed by atoms with E-state index < -0.39 is 0 Å². The molecule has 0 bridgehead atoms. The van der Waals surface area contributed by atoms with Crippen molar-refractivity contribution in [2.24, 2.45) is 0 Å². The van der Waals surface area contributed by atoms with Crippen LogP contribution in [-0.4, -0.2) is 21.0 Å². The number of amides is 1. The van der Waals surface area contributed by atoms with Gasteiger partial charge in [0.15, 0.2) is 5.82 Å². The third-order valence-corrected chi connectivity index (χ3v) is 4.62. The maximum absolute atomic E-state index is 12.5. The van der Waals surface area contributed by atoms with Gasteiger partial charge in [-0.3, -0.25) is 4.79 Å². The summed E-state index contributed by atoms with van der Waals surface area (Å²) in [5.74, 6) is 0.496. The molecule has 26 heavy (non-hydrogen) atoms. The number of aromatic hydroxyl groups is 1. The van der Waals surface area contributed by atoms with Crippen LogP contribution >= 0.6 is 0 Å². The van der Waals surface area contributed by atoms with Crippen LogP contribution < -0.4 is 5.32 Å². The van der Waals surface area contributed by atoms with Gasteiger partial charge in [0.25, 0.3) is 5.91 Å². The second kappa shape index (κ2) is 6.96. The molecule has 0 radical (unpaired) electrons. The van der Waals surface area contributed by atoms with Gasteiger partial charge in [0, 0.05) is 11.1 Å². The molecule has 2 aromatic carbocycles. The van der Waals surface area contributed by atoms with Crippen molar-refractivity contribution in [3.05, 3.63) is 71.5 Å². The van der Waals surface area contributed by atoms with E-state index in [9.17, 15) is 9.90 Å². The fraction of sp³-hybridized carbons (Fsp3) is 0.190. The number of hydrogen-bond acceptors (Lipinski definition) is 4. The number of aryl methyl sites for hydroxylation is 2. The summed E-state index contributed by atoms with van der Waals surface area (Å²) >= 11 is 0. The van der Waals surface area contributed by atoms with E-state index >= 15 is 0 Å². The highest BCUT2D eigenvalue weighted by Gasteiger charge is 2.13. The molecule has 0 saturated heterocycles. The first-order valence-electron chi connectivity index (χ1n) is 8.74. The molecule has 0 fully saturated rings. The minimum absolute atomic E-state index is 0.160. The van der Waals surface area contributed by atoms with Crippen molar-refractivity contribution in [2.45, 2.75) is 25.7 Å². The molecule has 4 rings (SSSR count). The summed E-state index contributed by atoms with van der Waals surface area (Å²) in [4.78, 5) is 21.0. The van der Waals surface area contributed by atoms with Crippen molar-refractivity contribution in [3.63, 3.8) is 0 Å². The third kappa shape index (κ3) is 3.42. The highest BCUT2D eigenvalue weighted by atomic mass is 16.3. The Balaban J connectivity index is 1.49. The zero-order valence-electron chi connectivity index (χ0n) is 14.3. The molecule has 2 N–H and O–H groups in total. The van der Waals surface area contributed by atoms with E-state index in [1.807, 2.05) is 18.2 Å². The zero-order valence-corrected chi connectivity index (χ0v) is 14.3. The highest BCUT2D eigenvalue weighted by Crippen LogP contribution is 2.23. The molecule has 5 nitrogen and oxygen atoms in total. The Morgan fingerprint density at radius 3 is 2.50 bits per heavy atom. The van der Waals surface area contributed by atoms with Crippen molar-refractivity contribution >= 4 is 11.6 Å². The molecule has 0 unspecified atom stereocenters. The van der Waals surface area contributed by atoms with Crippen LogP contribution in [0, 0.1) is 0 Å². The Bertz CT molecular complexity index is 952. The molecule has 1 heterocycles. The Kier molecular flexibility index (Phi) is 4.35. The van der Waals surface area contributed by atoms with Gasteiger partial charge in [-0.05, 0) is 61.1 Å². The fourth-order valence-corrected chi connectivity index (χ4v) is 3.26. The van der Waals surface area contributed by atoms with Gasteiger partial charge in [-0.15, -0.1) is 0 Å². The quantitative estimate of drug-likeness (QED) is 0.753. The van der Waals surface area contributed by atoms with Crippen molar-refractivity contribution in [2.75, 3.05) is 5.32 Å². The van der Waals surface area contributed by atoms with E-state index in [2.05, 4.69) is 21.4 Å². The average Bonchev–Trinajstić information content (AvgIpc) is 2.68. The minimum atomic E-state index is -0.160. The predicted molar refractivity (Wildman–Crippen MR) is 100 cm³/mol. The summed E-state index contributed by atoms with van der Waals surface area (Å²) < 4.78 is 0. The monoisotopic (exact) mass is 345 g/mol.